The Kier molecular flexibility index (Phi) is 4.75. The fraction of sp³-hybridized carbons (Fsp3) is 0.238. The van der Waals surface area contributed by atoms with E-state index in [1.807, 2.05) is 0 Å². The molecule has 4 rings (SSSR count). The molecule has 8 nitrogen and oxygen atoms in total. The summed E-state index contributed by atoms with van der Waals surface area (Å²) in [7, 11) is 1.55. The predicted octanol–water partition coefficient (Wildman–Crippen LogP) is 1.99. The molecule has 1 fully saturated rings. The number of esters is 1. The van der Waals surface area contributed by atoms with Crippen molar-refractivity contribution in [1.82, 2.24) is 0 Å². The first-order valence-corrected chi connectivity index (χ1v) is 9.18. The van der Waals surface area contributed by atoms with Gasteiger partial charge >= 0.3 is 5.97 Å². The van der Waals surface area contributed by atoms with Gasteiger partial charge in [0.2, 0.25) is 5.91 Å². The van der Waals surface area contributed by atoms with Gasteiger partial charge in [-0.3, -0.25) is 14.6 Å². The van der Waals surface area contributed by atoms with E-state index in [2.05, 4.69) is 5.10 Å². The number of imide groups is 1. The summed E-state index contributed by atoms with van der Waals surface area (Å²) in [4.78, 5) is 40.0. The molecule has 0 aromatic heterocycles. The van der Waals surface area contributed by atoms with Gasteiger partial charge in [-0.2, -0.15) is 5.10 Å². The molecule has 29 heavy (non-hydrogen) atoms. The number of nitrogens with zero attached hydrogens (tertiary/aromatic N) is 3. The maximum Gasteiger partial charge on any atom is 0.355 e. The van der Waals surface area contributed by atoms with Crippen molar-refractivity contribution in [2.75, 3.05) is 23.6 Å². The highest BCUT2D eigenvalue weighted by Gasteiger charge is 2.59. The second kappa shape index (κ2) is 7.38. The Morgan fingerprint density at radius 3 is 2.31 bits per heavy atom. The minimum Gasteiger partial charge on any atom is -0.497 e. The summed E-state index contributed by atoms with van der Waals surface area (Å²) in [6.07, 6.45) is 0. The van der Waals surface area contributed by atoms with Crippen LogP contribution in [0.2, 0.25) is 0 Å². The zero-order valence-corrected chi connectivity index (χ0v) is 15.9. The van der Waals surface area contributed by atoms with Crippen molar-refractivity contribution in [3.63, 3.8) is 0 Å². The number of ether oxygens (including phenoxy) is 2. The highest BCUT2D eigenvalue weighted by Crippen LogP contribution is 2.38. The molecule has 0 bridgehead atoms. The monoisotopic (exact) mass is 393 g/mol. The first-order valence-electron chi connectivity index (χ1n) is 9.18. The largest absolute Gasteiger partial charge is 0.497 e. The molecular formula is C21H19N3O5. The Labute approximate surface area is 167 Å². The van der Waals surface area contributed by atoms with E-state index in [4.69, 9.17) is 9.47 Å². The van der Waals surface area contributed by atoms with Crippen LogP contribution in [0.3, 0.4) is 0 Å². The standard InChI is InChI=1S/C21H19N3O5/c1-3-29-21(27)17-16-18(24(22-17)14-9-11-15(28-2)12-10-14)20(26)23(19(16)25)13-7-5-4-6-8-13/h4-12,16,18H,3H2,1-2H3/t16-,18+/m1/s1. The summed E-state index contributed by atoms with van der Waals surface area (Å²) in [5.41, 5.74) is 0.954. The molecule has 2 atom stereocenters. The van der Waals surface area contributed by atoms with Crippen molar-refractivity contribution < 1.29 is 23.9 Å². The van der Waals surface area contributed by atoms with Gasteiger partial charge in [-0.05, 0) is 43.3 Å². The van der Waals surface area contributed by atoms with Crippen molar-refractivity contribution in [3.8, 4) is 5.75 Å². The molecular weight excluding hydrogens is 374 g/mol. The maximum absolute atomic E-state index is 13.2. The van der Waals surface area contributed by atoms with Crippen LogP contribution in [-0.4, -0.2) is 43.3 Å². The summed E-state index contributed by atoms with van der Waals surface area (Å²) in [6.45, 7) is 1.81. The van der Waals surface area contributed by atoms with Crippen molar-refractivity contribution in [2.24, 2.45) is 11.0 Å². The molecule has 2 aromatic carbocycles. The number of para-hydroxylation sites is 1. The van der Waals surface area contributed by atoms with Crippen LogP contribution in [0.25, 0.3) is 0 Å². The van der Waals surface area contributed by atoms with Crippen molar-refractivity contribution in [2.45, 2.75) is 13.0 Å². The molecule has 8 heteroatoms. The lowest BCUT2D eigenvalue weighted by atomic mass is 9.98. The van der Waals surface area contributed by atoms with E-state index >= 15 is 0 Å². The van der Waals surface area contributed by atoms with E-state index in [1.54, 1.807) is 68.6 Å². The zero-order chi connectivity index (χ0) is 20.5. The van der Waals surface area contributed by atoms with Gasteiger partial charge in [0.15, 0.2) is 5.71 Å². The summed E-state index contributed by atoms with van der Waals surface area (Å²) in [5.74, 6) is -2.02. The maximum atomic E-state index is 13.2. The van der Waals surface area contributed by atoms with Gasteiger partial charge in [0.05, 0.1) is 25.1 Å². The number of methoxy groups -OCH3 is 1. The second-order valence-corrected chi connectivity index (χ2v) is 6.52. The van der Waals surface area contributed by atoms with Crippen LogP contribution in [0.15, 0.2) is 59.7 Å². The average Bonchev–Trinajstić information content (AvgIpc) is 3.26. The molecule has 2 aromatic rings. The number of benzene rings is 2. The third kappa shape index (κ3) is 3.02. The molecule has 0 unspecified atom stereocenters. The van der Waals surface area contributed by atoms with E-state index in [-0.39, 0.29) is 12.3 Å². The summed E-state index contributed by atoms with van der Waals surface area (Å²) >= 11 is 0. The number of hydrogen-bond acceptors (Lipinski definition) is 7. The van der Waals surface area contributed by atoms with Gasteiger partial charge in [0.25, 0.3) is 5.91 Å². The van der Waals surface area contributed by atoms with E-state index in [9.17, 15) is 14.4 Å². The predicted molar refractivity (Wildman–Crippen MR) is 106 cm³/mol. The number of fused-ring (bicyclic) bond motifs is 1. The number of hydrogen-bond donors (Lipinski definition) is 0. The van der Waals surface area contributed by atoms with Crippen LogP contribution >= 0.6 is 0 Å². The molecule has 2 aliphatic heterocycles. The number of anilines is 2. The normalized spacial score (nSPS) is 20.6. The van der Waals surface area contributed by atoms with Crippen molar-refractivity contribution >= 4 is 34.9 Å². The number of carbonyl (C=O) groups excluding carboxylic acids is 3. The Morgan fingerprint density at radius 1 is 1.00 bits per heavy atom. The van der Waals surface area contributed by atoms with E-state index in [0.29, 0.717) is 17.1 Å². The molecule has 0 aliphatic carbocycles. The highest BCUT2D eigenvalue weighted by molar-refractivity contribution is 6.47. The van der Waals surface area contributed by atoms with Crippen molar-refractivity contribution in [3.05, 3.63) is 54.6 Å². The van der Waals surface area contributed by atoms with E-state index in [0.717, 1.165) is 4.90 Å². The smallest absolute Gasteiger partial charge is 0.355 e. The second-order valence-electron chi connectivity index (χ2n) is 6.52. The lowest BCUT2D eigenvalue weighted by Crippen LogP contribution is -2.39. The fourth-order valence-corrected chi connectivity index (χ4v) is 3.57. The summed E-state index contributed by atoms with van der Waals surface area (Å²) < 4.78 is 10.2. The number of amides is 2. The molecule has 2 heterocycles. The van der Waals surface area contributed by atoms with Crippen LogP contribution in [0.5, 0.6) is 5.75 Å². The third-order valence-electron chi connectivity index (χ3n) is 4.89. The van der Waals surface area contributed by atoms with Gasteiger partial charge in [0, 0.05) is 0 Å². The van der Waals surface area contributed by atoms with Gasteiger partial charge in [0.1, 0.15) is 17.7 Å². The third-order valence-corrected chi connectivity index (χ3v) is 4.89. The molecule has 0 radical (unpaired) electrons. The minimum absolute atomic E-state index is 0.0653. The quantitative estimate of drug-likeness (QED) is 0.570. The Morgan fingerprint density at radius 2 is 1.69 bits per heavy atom. The topological polar surface area (TPSA) is 88.5 Å². The molecule has 148 valence electrons. The van der Waals surface area contributed by atoms with Gasteiger partial charge in [-0.25, -0.2) is 9.69 Å². The molecule has 2 amide bonds. The van der Waals surface area contributed by atoms with Crippen molar-refractivity contribution in [1.29, 1.82) is 0 Å². The zero-order valence-electron chi connectivity index (χ0n) is 15.9. The summed E-state index contributed by atoms with van der Waals surface area (Å²) in [6, 6.07) is 14.6. The first-order chi connectivity index (χ1) is 14.1. The van der Waals surface area contributed by atoms with Gasteiger partial charge in [-0.15, -0.1) is 0 Å². The van der Waals surface area contributed by atoms with Crippen LogP contribution in [-0.2, 0) is 19.1 Å². The van der Waals surface area contributed by atoms with E-state index < -0.39 is 29.7 Å². The minimum atomic E-state index is -1.02. The molecule has 1 saturated heterocycles. The molecule has 0 saturated carbocycles. The number of hydrazone groups is 1. The van der Waals surface area contributed by atoms with Crippen LogP contribution < -0.4 is 14.6 Å². The van der Waals surface area contributed by atoms with E-state index in [1.165, 1.54) is 5.01 Å². The van der Waals surface area contributed by atoms with Gasteiger partial charge < -0.3 is 9.47 Å². The first kappa shape index (κ1) is 18.7. The molecule has 0 N–H and O–H groups in total. The lowest BCUT2D eigenvalue weighted by Gasteiger charge is -2.22. The number of carbonyl (C=O) groups is 3. The fourth-order valence-electron chi connectivity index (χ4n) is 3.57. The SMILES string of the molecule is CCOC(=O)C1=NN(c2ccc(OC)cc2)[C@@H]2C(=O)N(c3ccccc3)C(=O)[C@H]12. The summed E-state index contributed by atoms with van der Waals surface area (Å²) in [5, 5.41) is 5.73. The lowest BCUT2D eigenvalue weighted by molar-refractivity contribution is -0.136. The highest BCUT2D eigenvalue weighted by atomic mass is 16.5. The molecule has 2 aliphatic rings. The Hall–Kier alpha value is -3.68. The Bertz CT molecular complexity index is 987. The van der Waals surface area contributed by atoms with Crippen LogP contribution in [0.1, 0.15) is 6.92 Å². The van der Waals surface area contributed by atoms with Crippen LogP contribution in [0, 0.1) is 5.92 Å². The number of rotatable bonds is 5. The van der Waals surface area contributed by atoms with Crippen LogP contribution in [0.4, 0.5) is 11.4 Å². The molecule has 0 spiro atoms. The van der Waals surface area contributed by atoms with Gasteiger partial charge in [-0.1, -0.05) is 18.2 Å². The Balaban J connectivity index is 1.77. The average molecular weight is 393 g/mol.